The van der Waals surface area contributed by atoms with Gasteiger partial charge < -0.3 is 11.1 Å². The van der Waals surface area contributed by atoms with Crippen LogP contribution in [0.3, 0.4) is 0 Å². The predicted molar refractivity (Wildman–Crippen MR) is 90.2 cm³/mol. The molecule has 21 heavy (non-hydrogen) atoms. The van der Waals surface area contributed by atoms with E-state index in [9.17, 15) is 4.79 Å². The lowest BCUT2D eigenvalue weighted by atomic mass is 9.68. The van der Waals surface area contributed by atoms with Crippen molar-refractivity contribution in [2.24, 2.45) is 5.73 Å². The minimum absolute atomic E-state index is 0.124. The van der Waals surface area contributed by atoms with Crippen molar-refractivity contribution in [3.63, 3.8) is 0 Å². The molecule has 1 aliphatic rings. The van der Waals surface area contributed by atoms with Gasteiger partial charge in [0.2, 0.25) is 5.91 Å². The quantitative estimate of drug-likeness (QED) is 0.870. The molecule has 1 aromatic carbocycles. The van der Waals surface area contributed by atoms with E-state index in [1.165, 1.54) is 6.42 Å². The van der Waals surface area contributed by atoms with Crippen LogP contribution in [0.15, 0.2) is 28.7 Å². The molecule has 1 aliphatic carbocycles. The van der Waals surface area contributed by atoms with Crippen LogP contribution >= 0.6 is 15.9 Å². The zero-order valence-electron chi connectivity index (χ0n) is 12.9. The highest BCUT2D eigenvalue weighted by atomic mass is 79.9. The van der Waals surface area contributed by atoms with Crippen molar-refractivity contribution in [3.8, 4) is 0 Å². The molecule has 0 atom stereocenters. The van der Waals surface area contributed by atoms with Crippen molar-refractivity contribution in [2.45, 2.75) is 56.9 Å². The van der Waals surface area contributed by atoms with Gasteiger partial charge in [0.05, 0.1) is 5.41 Å². The molecule has 1 fully saturated rings. The Balaban J connectivity index is 2.27. The van der Waals surface area contributed by atoms with Crippen LogP contribution in [0.1, 0.15) is 51.5 Å². The van der Waals surface area contributed by atoms with E-state index in [0.717, 1.165) is 35.7 Å². The Bertz CT molecular complexity index is 502. The topological polar surface area (TPSA) is 55.1 Å². The molecule has 4 heteroatoms. The average Bonchev–Trinajstić information content (AvgIpc) is 2.44. The molecule has 2 rings (SSSR count). The van der Waals surface area contributed by atoms with Gasteiger partial charge in [0.15, 0.2) is 0 Å². The van der Waals surface area contributed by atoms with Crippen LogP contribution in [0.2, 0.25) is 0 Å². The van der Waals surface area contributed by atoms with Crippen molar-refractivity contribution in [3.05, 3.63) is 34.3 Å². The van der Waals surface area contributed by atoms with Crippen LogP contribution in [0.4, 0.5) is 0 Å². The van der Waals surface area contributed by atoms with Gasteiger partial charge in [-0.1, -0.05) is 47.3 Å². The van der Waals surface area contributed by atoms with Crippen molar-refractivity contribution in [1.29, 1.82) is 0 Å². The van der Waals surface area contributed by atoms with E-state index in [1.807, 2.05) is 26.0 Å². The van der Waals surface area contributed by atoms with E-state index in [0.29, 0.717) is 6.54 Å². The molecule has 1 saturated carbocycles. The van der Waals surface area contributed by atoms with Crippen LogP contribution in [0.5, 0.6) is 0 Å². The summed E-state index contributed by atoms with van der Waals surface area (Å²) >= 11 is 3.52. The highest BCUT2D eigenvalue weighted by Gasteiger charge is 2.41. The maximum atomic E-state index is 12.9. The van der Waals surface area contributed by atoms with E-state index in [2.05, 4.69) is 33.4 Å². The summed E-state index contributed by atoms with van der Waals surface area (Å²) in [5.41, 5.74) is 6.33. The standard InChI is InChI=1S/C17H25BrN2O/c1-16(2,19)12-20-15(21)17(9-4-3-5-10-17)13-7-6-8-14(18)11-13/h6-8,11H,3-5,9-10,12,19H2,1-2H3,(H,20,21). The summed E-state index contributed by atoms with van der Waals surface area (Å²) < 4.78 is 1.02. The van der Waals surface area contributed by atoms with Crippen LogP contribution in [0, 0.1) is 0 Å². The number of amides is 1. The second-order valence-corrected chi connectivity index (χ2v) is 7.74. The molecule has 1 amide bonds. The first-order valence-corrected chi connectivity index (χ1v) is 8.46. The van der Waals surface area contributed by atoms with Gasteiger partial charge in [0, 0.05) is 16.6 Å². The van der Waals surface area contributed by atoms with Crippen molar-refractivity contribution < 1.29 is 4.79 Å². The second-order valence-electron chi connectivity index (χ2n) is 6.82. The van der Waals surface area contributed by atoms with Gasteiger partial charge in [-0.15, -0.1) is 0 Å². The molecule has 0 aromatic heterocycles. The number of hydrogen-bond donors (Lipinski definition) is 2. The first kappa shape index (κ1) is 16.5. The van der Waals surface area contributed by atoms with E-state index in [4.69, 9.17) is 5.73 Å². The summed E-state index contributed by atoms with van der Waals surface area (Å²) in [6.07, 6.45) is 5.25. The second kappa shape index (κ2) is 6.49. The highest BCUT2D eigenvalue weighted by molar-refractivity contribution is 9.10. The number of benzene rings is 1. The lowest BCUT2D eigenvalue weighted by molar-refractivity contribution is -0.128. The molecule has 0 radical (unpaired) electrons. The van der Waals surface area contributed by atoms with Crippen LogP contribution in [-0.4, -0.2) is 18.0 Å². The van der Waals surface area contributed by atoms with E-state index in [1.54, 1.807) is 0 Å². The van der Waals surface area contributed by atoms with Gasteiger partial charge in [-0.3, -0.25) is 4.79 Å². The van der Waals surface area contributed by atoms with Crippen LogP contribution in [-0.2, 0) is 10.2 Å². The Morgan fingerprint density at radius 1 is 1.33 bits per heavy atom. The fourth-order valence-corrected chi connectivity index (χ4v) is 3.46. The van der Waals surface area contributed by atoms with Crippen LogP contribution in [0.25, 0.3) is 0 Å². The largest absolute Gasteiger partial charge is 0.354 e. The number of nitrogens with two attached hydrogens (primary N) is 1. The maximum Gasteiger partial charge on any atom is 0.230 e. The molecule has 0 unspecified atom stereocenters. The van der Waals surface area contributed by atoms with E-state index >= 15 is 0 Å². The number of rotatable bonds is 4. The summed E-state index contributed by atoms with van der Waals surface area (Å²) in [6, 6.07) is 8.17. The summed E-state index contributed by atoms with van der Waals surface area (Å²) in [5, 5.41) is 3.07. The number of carbonyl (C=O) groups excluding carboxylic acids is 1. The SMILES string of the molecule is CC(C)(N)CNC(=O)C1(c2cccc(Br)c2)CCCCC1. The number of hydrogen-bond acceptors (Lipinski definition) is 2. The number of nitrogens with one attached hydrogen (secondary N) is 1. The van der Waals surface area contributed by atoms with E-state index < -0.39 is 5.41 Å². The normalized spacial score (nSPS) is 18.3. The average molecular weight is 353 g/mol. The van der Waals surface area contributed by atoms with Gasteiger partial charge in [0.1, 0.15) is 0 Å². The first-order chi connectivity index (χ1) is 9.83. The van der Waals surface area contributed by atoms with Crippen LogP contribution < -0.4 is 11.1 Å². The smallest absolute Gasteiger partial charge is 0.230 e. The molecule has 0 bridgehead atoms. The van der Waals surface area contributed by atoms with Gasteiger partial charge in [-0.25, -0.2) is 0 Å². The monoisotopic (exact) mass is 352 g/mol. The lowest BCUT2D eigenvalue weighted by Gasteiger charge is -2.37. The predicted octanol–water partition coefficient (Wildman–Crippen LogP) is 3.50. The fourth-order valence-electron chi connectivity index (χ4n) is 3.07. The minimum atomic E-state index is -0.396. The van der Waals surface area contributed by atoms with Crippen molar-refractivity contribution >= 4 is 21.8 Å². The van der Waals surface area contributed by atoms with Crippen molar-refractivity contribution in [2.75, 3.05) is 6.54 Å². The summed E-state index contributed by atoms with van der Waals surface area (Å²) in [7, 11) is 0. The summed E-state index contributed by atoms with van der Waals surface area (Å²) in [5.74, 6) is 0.124. The Kier molecular flexibility index (Phi) is 5.10. The third kappa shape index (κ3) is 4.07. The van der Waals surface area contributed by atoms with Gasteiger partial charge in [-0.2, -0.15) is 0 Å². The summed E-state index contributed by atoms with van der Waals surface area (Å²) in [6.45, 7) is 4.36. The molecule has 0 saturated heterocycles. The van der Waals surface area contributed by atoms with Gasteiger partial charge in [-0.05, 0) is 44.4 Å². The minimum Gasteiger partial charge on any atom is -0.354 e. The third-order valence-corrected chi connectivity index (χ3v) is 4.72. The Labute approximate surface area is 135 Å². The van der Waals surface area contributed by atoms with Gasteiger partial charge >= 0.3 is 0 Å². The van der Waals surface area contributed by atoms with Gasteiger partial charge in [0.25, 0.3) is 0 Å². The fraction of sp³-hybridized carbons (Fsp3) is 0.588. The highest BCUT2D eigenvalue weighted by Crippen LogP contribution is 2.40. The van der Waals surface area contributed by atoms with E-state index in [-0.39, 0.29) is 11.4 Å². The Hall–Kier alpha value is -0.870. The first-order valence-electron chi connectivity index (χ1n) is 7.67. The number of carbonyl (C=O) groups is 1. The lowest BCUT2D eigenvalue weighted by Crippen LogP contribution is -2.52. The third-order valence-electron chi connectivity index (χ3n) is 4.22. The summed E-state index contributed by atoms with van der Waals surface area (Å²) in [4.78, 5) is 12.9. The molecular formula is C17H25BrN2O. The Morgan fingerprint density at radius 2 is 2.00 bits per heavy atom. The molecule has 1 aromatic rings. The zero-order chi connectivity index (χ0) is 15.5. The Morgan fingerprint density at radius 3 is 2.57 bits per heavy atom. The zero-order valence-corrected chi connectivity index (χ0v) is 14.5. The molecular weight excluding hydrogens is 328 g/mol. The maximum absolute atomic E-state index is 12.9. The molecule has 3 nitrogen and oxygen atoms in total. The molecule has 0 aliphatic heterocycles. The molecule has 0 heterocycles. The van der Waals surface area contributed by atoms with Crippen molar-refractivity contribution in [1.82, 2.24) is 5.32 Å². The molecule has 3 N–H and O–H groups in total. The number of halogens is 1. The molecule has 0 spiro atoms. The molecule has 116 valence electrons.